The van der Waals surface area contributed by atoms with Crippen molar-refractivity contribution in [3.8, 4) is 0 Å². The SMILES string of the molecule is OCC1CCCN1CCCCNC1CCc2[nH]c3ccccc3c2C1. The summed E-state index contributed by atoms with van der Waals surface area (Å²) in [6, 6.07) is 9.73. The number of aliphatic hydroxyl groups is 1. The van der Waals surface area contributed by atoms with Crippen LogP contribution in [0.5, 0.6) is 0 Å². The van der Waals surface area contributed by atoms with Crippen LogP contribution in [0.15, 0.2) is 24.3 Å². The van der Waals surface area contributed by atoms with Gasteiger partial charge in [-0.2, -0.15) is 0 Å². The molecular formula is C21H31N3O. The molecule has 2 aromatic rings. The van der Waals surface area contributed by atoms with Gasteiger partial charge in [0.1, 0.15) is 0 Å². The fraction of sp³-hybridized carbons (Fsp3) is 0.619. The molecule has 2 atom stereocenters. The average molecular weight is 341 g/mol. The van der Waals surface area contributed by atoms with E-state index in [0.29, 0.717) is 18.7 Å². The van der Waals surface area contributed by atoms with Crippen LogP contribution in [0.3, 0.4) is 0 Å². The smallest absolute Gasteiger partial charge is 0.0586 e. The molecule has 2 aliphatic rings. The number of fused-ring (bicyclic) bond motifs is 3. The van der Waals surface area contributed by atoms with E-state index in [-0.39, 0.29) is 0 Å². The molecule has 4 rings (SSSR count). The van der Waals surface area contributed by atoms with E-state index < -0.39 is 0 Å². The summed E-state index contributed by atoms with van der Waals surface area (Å²) in [5, 5.41) is 14.6. The maximum atomic E-state index is 9.39. The Morgan fingerprint density at radius 2 is 2.12 bits per heavy atom. The van der Waals surface area contributed by atoms with Crippen molar-refractivity contribution in [1.29, 1.82) is 0 Å². The van der Waals surface area contributed by atoms with Crippen molar-refractivity contribution >= 4 is 10.9 Å². The molecule has 0 bridgehead atoms. The molecule has 2 heterocycles. The minimum atomic E-state index is 0.327. The van der Waals surface area contributed by atoms with Gasteiger partial charge in [-0.3, -0.25) is 4.90 Å². The van der Waals surface area contributed by atoms with E-state index in [1.165, 1.54) is 60.8 Å². The van der Waals surface area contributed by atoms with Crippen molar-refractivity contribution in [2.45, 2.75) is 57.0 Å². The van der Waals surface area contributed by atoms with Gasteiger partial charge in [-0.15, -0.1) is 0 Å². The molecule has 0 amide bonds. The number of aromatic nitrogens is 1. The minimum absolute atomic E-state index is 0.327. The zero-order valence-corrected chi connectivity index (χ0v) is 15.1. The second kappa shape index (κ2) is 7.90. The lowest BCUT2D eigenvalue weighted by atomic mass is 9.91. The van der Waals surface area contributed by atoms with Crippen LogP contribution >= 0.6 is 0 Å². The van der Waals surface area contributed by atoms with Crippen LogP contribution in [0.4, 0.5) is 0 Å². The first-order valence-electron chi connectivity index (χ1n) is 10.0. The van der Waals surface area contributed by atoms with Gasteiger partial charge in [-0.25, -0.2) is 0 Å². The fourth-order valence-corrected chi connectivity index (χ4v) is 4.69. The predicted molar refractivity (Wildman–Crippen MR) is 103 cm³/mol. The Morgan fingerprint density at radius 3 is 3.04 bits per heavy atom. The van der Waals surface area contributed by atoms with Gasteiger partial charge in [0.2, 0.25) is 0 Å². The highest BCUT2D eigenvalue weighted by Gasteiger charge is 2.23. The van der Waals surface area contributed by atoms with Crippen LogP contribution in [-0.4, -0.2) is 53.3 Å². The van der Waals surface area contributed by atoms with Gasteiger partial charge < -0.3 is 15.4 Å². The quantitative estimate of drug-likeness (QED) is 0.679. The maximum absolute atomic E-state index is 9.39. The second-order valence-electron chi connectivity index (χ2n) is 7.74. The molecule has 25 heavy (non-hydrogen) atoms. The van der Waals surface area contributed by atoms with Gasteiger partial charge in [0, 0.05) is 28.7 Å². The Labute approximate surface area is 150 Å². The molecule has 136 valence electrons. The molecule has 3 N–H and O–H groups in total. The first-order valence-corrected chi connectivity index (χ1v) is 10.0. The van der Waals surface area contributed by atoms with E-state index in [1.807, 2.05) is 0 Å². The molecule has 1 aliphatic heterocycles. The summed E-state index contributed by atoms with van der Waals surface area (Å²) in [5.41, 5.74) is 4.27. The van der Waals surface area contributed by atoms with Gasteiger partial charge in [0.15, 0.2) is 0 Å². The van der Waals surface area contributed by atoms with Crippen molar-refractivity contribution in [3.05, 3.63) is 35.5 Å². The maximum Gasteiger partial charge on any atom is 0.0586 e. The first-order chi connectivity index (χ1) is 12.3. The first kappa shape index (κ1) is 17.1. The number of aliphatic hydroxyl groups excluding tert-OH is 1. The molecule has 1 aliphatic carbocycles. The summed E-state index contributed by atoms with van der Waals surface area (Å²) in [5.74, 6) is 0. The Morgan fingerprint density at radius 1 is 1.20 bits per heavy atom. The molecule has 2 unspecified atom stereocenters. The van der Waals surface area contributed by atoms with Crippen molar-refractivity contribution < 1.29 is 5.11 Å². The minimum Gasteiger partial charge on any atom is -0.395 e. The largest absolute Gasteiger partial charge is 0.395 e. The normalized spacial score (nSPS) is 24.0. The topological polar surface area (TPSA) is 51.3 Å². The highest BCUT2D eigenvalue weighted by molar-refractivity contribution is 5.84. The molecular weight excluding hydrogens is 310 g/mol. The molecule has 1 aromatic heterocycles. The van der Waals surface area contributed by atoms with Crippen LogP contribution in [0.1, 0.15) is 43.4 Å². The second-order valence-corrected chi connectivity index (χ2v) is 7.74. The summed E-state index contributed by atoms with van der Waals surface area (Å²) in [6.45, 7) is 3.75. The number of aromatic amines is 1. The summed E-state index contributed by atoms with van der Waals surface area (Å²) >= 11 is 0. The Kier molecular flexibility index (Phi) is 5.39. The number of H-pyrrole nitrogens is 1. The molecule has 1 fully saturated rings. The van der Waals surface area contributed by atoms with Crippen LogP contribution in [-0.2, 0) is 12.8 Å². The molecule has 4 heteroatoms. The van der Waals surface area contributed by atoms with E-state index >= 15 is 0 Å². The fourth-order valence-electron chi connectivity index (χ4n) is 4.69. The highest BCUT2D eigenvalue weighted by atomic mass is 16.3. The number of benzene rings is 1. The summed E-state index contributed by atoms with van der Waals surface area (Å²) in [7, 11) is 0. The van der Waals surface area contributed by atoms with Crippen molar-refractivity contribution in [2.24, 2.45) is 0 Å². The Balaban J connectivity index is 1.22. The molecule has 1 aromatic carbocycles. The Bertz CT molecular complexity index is 696. The number of nitrogens with zero attached hydrogens (tertiary/aromatic N) is 1. The summed E-state index contributed by atoms with van der Waals surface area (Å²) < 4.78 is 0. The van der Waals surface area contributed by atoms with Gasteiger partial charge in [0.25, 0.3) is 0 Å². The third-order valence-electron chi connectivity index (χ3n) is 6.11. The average Bonchev–Trinajstić information content (AvgIpc) is 3.25. The molecule has 0 radical (unpaired) electrons. The summed E-state index contributed by atoms with van der Waals surface area (Å²) in [4.78, 5) is 6.07. The van der Waals surface area contributed by atoms with Gasteiger partial charge >= 0.3 is 0 Å². The lowest BCUT2D eigenvalue weighted by Gasteiger charge is -2.25. The highest BCUT2D eigenvalue weighted by Crippen LogP contribution is 2.29. The number of para-hydroxylation sites is 1. The van der Waals surface area contributed by atoms with Crippen LogP contribution < -0.4 is 5.32 Å². The van der Waals surface area contributed by atoms with Crippen molar-refractivity contribution in [1.82, 2.24) is 15.2 Å². The third kappa shape index (κ3) is 3.76. The number of nitrogens with one attached hydrogen (secondary N) is 2. The van der Waals surface area contributed by atoms with Gasteiger partial charge in [-0.1, -0.05) is 18.2 Å². The van der Waals surface area contributed by atoms with E-state index in [4.69, 9.17) is 0 Å². The molecule has 0 saturated carbocycles. The van der Waals surface area contributed by atoms with Crippen LogP contribution in [0.25, 0.3) is 10.9 Å². The zero-order chi connectivity index (χ0) is 17.1. The number of unbranched alkanes of at least 4 members (excludes halogenated alkanes) is 1. The number of hydrogen-bond acceptors (Lipinski definition) is 3. The lowest BCUT2D eigenvalue weighted by Crippen LogP contribution is -2.36. The standard InChI is InChI=1S/C21H31N3O/c25-15-17-6-5-13-24(17)12-4-3-11-22-16-9-10-21-19(14-16)18-7-1-2-8-20(18)23-21/h1-2,7-8,16-17,22-23,25H,3-6,9-15H2. The number of aryl methyl sites for hydroxylation is 1. The third-order valence-corrected chi connectivity index (χ3v) is 6.11. The Hall–Kier alpha value is -1.36. The zero-order valence-electron chi connectivity index (χ0n) is 15.1. The molecule has 4 nitrogen and oxygen atoms in total. The van der Waals surface area contributed by atoms with Crippen molar-refractivity contribution in [2.75, 3.05) is 26.2 Å². The van der Waals surface area contributed by atoms with E-state index in [9.17, 15) is 5.11 Å². The number of rotatable bonds is 7. The van der Waals surface area contributed by atoms with Gasteiger partial charge in [0.05, 0.1) is 6.61 Å². The van der Waals surface area contributed by atoms with Crippen LogP contribution in [0.2, 0.25) is 0 Å². The molecule has 0 spiro atoms. The summed E-state index contributed by atoms with van der Waals surface area (Å²) in [6.07, 6.45) is 8.42. The van der Waals surface area contributed by atoms with E-state index in [1.54, 1.807) is 0 Å². The monoisotopic (exact) mass is 341 g/mol. The van der Waals surface area contributed by atoms with Crippen LogP contribution in [0, 0.1) is 0 Å². The van der Waals surface area contributed by atoms with Gasteiger partial charge in [-0.05, 0) is 76.2 Å². The van der Waals surface area contributed by atoms with Crippen molar-refractivity contribution in [3.63, 3.8) is 0 Å². The number of hydrogen-bond donors (Lipinski definition) is 3. The van der Waals surface area contributed by atoms with E-state index in [2.05, 4.69) is 39.5 Å². The predicted octanol–water partition coefficient (Wildman–Crippen LogP) is 2.85. The lowest BCUT2D eigenvalue weighted by molar-refractivity contribution is 0.157. The number of likely N-dealkylation sites (tertiary alicyclic amines) is 1. The van der Waals surface area contributed by atoms with E-state index in [0.717, 1.165) is 25.9 Å². The molecule has 1 saturated heterocycles.